The predicted octanol–water partition coefficient (Wildman–Crippen LogP) is 0.897. The standard InChI is InChI=1S/C5H10N2/c1-3-5(6)4-7-2/h4H,2-3,6H2,1H3/b5-4-. The van der Waals surface area contributed by atoms with Crippen molar-refractivity contribution in [2.24, 2.45) is 10.7 Å². The van der Waals surface area contributed by atoms with Crippen LogP contribution in [-0.2, 0) is 0 Å². The topological polar surface area (TPSA) is 38.4 Å². The third-order valence-corrected chi connectivity index (χ3v) is 0.665. The zero-order valence-electron chi connectivity index (χ0n) is 4.52. The molecule has 0 aliphatic rings. The number of rotatable bonds is 2. The first kappa shape index (κ1) is 6.21. The summed E-state index contributed by atoms with van der Waals surface area (Å²) >= 11 is 0. The summed E-state index contributed by atoms with van der Waals surface area (Å²) in [7, 11) is 0. The van der Waals surface area contributed by atoms with Crippen molar-refractivity contribution in [1.29, 1.82) is 0 Å². The second kappa shape index (κ2) is 3.40. The molecule has 0 saturated heterocycles. The molecule has 7 heavy (non-hydrogen) atoms. The van der Waals surface area contributed by atoms with Crippen LogP contribution in [0.1, 0.15) is 13.3 Å². The highest BCUT2D eigenvalue weighted by atomic mass is 14.7. The third-order valence-electron chi connectivity index (χ3n) is 0.665. The zero-order valence-corrected chi connectivity index (χ0v) is 4.52. The van der Waals surface area contributed by atoms with Crippen LogP contribution < -0.4 is 5.73 Å². The molecule has 0 radical (unpaired) electrons. The summed E-state index contributed by atoms with van der Waals surface area (Å²) in [6.45, 7) is 5.21. The van der Waals surface area contributed by atoms with E-state index in [1.807, 2.05) is 6.92 Å². The SMILES string of the molecule is C=N/C=C(\N)CC. The number of allylic oxidation sites excluding steroid dienone is 1. The normalized spacial score (nSPS) is 11.3. The lowest BCUT2D eigenvalue weighted by Crippen LogP contribution is -1.92. The van der Waals surface area contributed by atoms with Gasteiger partial charge in [-0.15, -0.1) is 0 Å². The predicted molar refractivity (Wildman–Crippen MR) is 32.1 cm³/mol. The number of hydrogen-bond donors (Lipinski definition) is 1. The maximum absolute atomic E-state index is 5.31. The van der Waals surface area contributed by atoms with Crippen LogP contribution in [0.3, 0.4) is 0 Å². The van der Waals surface area contributed by atoms with Crippen LogP contribution in [0, 0.1) is 0 Å². The van der Waals surface area contributed by atoms with Gasteiger partial charge in [-0.25, -0.2) is 0 Å². The Balaban J connectivity index is 3.49. The van der Waals surface area contributed by atoms with Crippen molar-refractivity contribution in [3.63, 3.8) is 0 Å². The van der Waals surface area contributed by atoms with E-state index in [1.54, 1.807) is 6.20 Å². The maximum atomic E-state index is 5.31. The van der Waals surface area contributed by atoms with E-state index in [9.17, 15) is 0 Å². The van der Waals surface area contributed by atoms with Crippen molar-refractivity contribution in [2.75, 3.05) is 0 Å². The number of aliphatic imine (C=N–C) groups is 1. The molecule has 0 atom stereocenters. The molecule has 0 aromatic carbocycles. The molecule has 0 bridgehead atoms. The molecule has 0 unspecified atom stereocenters. The van der Waals surface area contributed by atoms with Gasteiger partial charge in [-0.3, -0.25) is 4.99 Å². The Kier molecular flexibility index (Phi) is 3.02. The van der Waals surface area contributed by atoms with Gasteiger partial charge in [0.15, 0.2) is 0 Å². The van der Waals surface area contributed by atoms with Gasteiger partial charge in [0, 0.05) is 11.9 Å². The first-order valence-corrected chi connectivity index (χ1v) is 2.21. The van der Waals surface area contributed by atoms with E-state index in [4.69, 9.17) is 5.73 Å². The average molecular weight is 98.1 g/mol. The van der Waals surface area contributed by atoms with Crippen LogP contribution in [-0.4, -0.2) is 6.72 Å². The summed E-state index contributed by atoms with van der Waals surface area (Å²) in [5.74, 6) is 0. The highest BCUT2D eigenvalue weighted by Gasteiger charge is 1.76. The van der Waals surface area contributed by atoms with Crippen LogP contribution in [0.15, 0.2) is 16.9 Å². The fourth-order valence-corrected chi connectivity index (χ4v) is 0.209. The Bertz CT molecular complexity index is 84.1. The van der Waals surface area contributed by atoms with Gasteiger partial charge < -0.3 is 5.73 Å². The molecule has 2 N–H and O–H groups in total. The minimum atomic E-state index is 0.773. The molecule has 0 amide bonds. The van der Waals surface area contributed by atoms with Gasteiger partial charge in [0.25, 0.3) is 0 Å². The first-order chi connectivity index (χ1) is 3.31. The van der Waals surface area contributed by atoms with Crippen molar-refractivity contribution in [3.8, 4) is 0 Å². The summed E-state index contributed by atoms with van der Waals surface area (Å²) in [4.78, 5) is 3.47. The quantitative estimate of drug-likeness (QED) is 0.512. The summed E-state index contributed by atoms with van der Waals surface area (Å²) in [5, 5.41) is 0. The first-order valence-electron chi connectivity index (χ1n) is 2.21. The highest BCUT2D eigenvalue weighted by Crippen LogP contribution is 1.87. The average Bonchev–Trinajstić information content (AvgIpc) is 1.68. The lowest BCUT2D eigenvalue weighted by molar-refractivity contribution is 1.06. The monoisotopic (exact) mass is 98.1 g/mol. The molecule has 2 nitrogen and oxygen atoms in total. The molecular formula is C5H10N2. The third kappa shape index (κ3) is 3.03. The van der Waals surface area contributed by atoms with Gasteiger partial charge in [0.05, 0.1) is 0 Å². The van der Waals surface area contributed by atoms with Gasteiger partial charge in [-0.2, -0.15) is 0 Å². The summed E-state index contributed by atoms with van der Waals surface area (Å²) in [5.41, 5.74) is 6.08. The summed E-state index contributed by atoms with van der Waals surface area (Å²) in [6, 6.07) is 0. The largest absolute Gasteiger partial charge is 0.401 e. The fourth-order valence-electron chi connectivity index (χ4n) is 0.209. The molecule has 0 saturated carbocycles. The molecule has 0 aliphatic carbocycles. The molecule has 0 aromatic heterocycles. The maximum Gasteiger partial charge on any atom is 0.0447 e. The molecular weight excluding hydrogens is 88.1 g/mol. The number of nitrogens with zero attached hydrogens (tertiary/aromatic N) is 1. The molecule has 0 heterocycles. The van der Waals surface area contributed by atoms with Crippen LogP contribution in [0.2, 0.25) is 0 Å². The Morgan fingerprint density at radius 2 is 2.57 bits per heavy atom. The minimum absolute atomic E-state index is 0.773. The van der Waals surface area contributed by atoms with Gasteiger partial charge >= 0.3 is 0 Å². The van der Waals surface area contributed by atoms with Gasteiger partial charge in [-0.05, 0) is 13.1 Å². The zero-order chi connectivity index (χ0) is 5.70. The van der Waals surface area contributed by atoms with Crippen molar-refractivity contribution in [1.82, 2.24) is 0 Å². The van der Waals surface area contributed by atoms with E-state index < -0.39 is 0 Å². The molecule has 0 aromatic rings. The minimum Gasteiger partial charge on any atom is -0.401 e. The van der Waals surface area contributed by atoms with Crippen molar-refractivity contribution >= 4 is 6.72 Å². The van der Waals surface area contributed by atoms with Crippen LogP contribution in [0.5, 0.6) is 0 Å². The van der Waals surface area contributed by atoms with Crippen molar-refractivity contribution in [3.05, 3.63) is 11.9 Å². The van der Waals surface area contributed by atoms with Crippen LogP contribution in [0.4, 0.5) is 0 Å². The summed E-state index contributed by atoms with van der Waals surface area (Å²) in [6.07, 6.45) is 2.40. The molecule has 0 rings (SSSR count). The number of hydrogen-bond acceptors (Lipinski definition) is 2. The van der Waals surface area contributed by atoms with Crippen molar-refractivity contribution < 1.29 is 0 Å². The van der Waals surface area contributed by atoms with E-state index in [0.29, 0.717) is 0 Å². The number of nitrogens with two attached hydrogens (primary N) is 1. The molecule has 0 fully saturated rings. The van der Waals surface area contributed by atoms with Gasteiger partial charge in [0.2, 0.25) is 0 Å². The smallest absolute Gasteiger partial charge is 0.0447 e. The molecule has 0 aliphatic heterocycles. The van der Waals surface area contributed by atoms with Crippen LogP contribution in [0.25, 0.3) is 0 Å². The second-order valence-corrected chi connectivity index (χ2v) is 1.24. The summed E-state index contributed by atoms with van der Waals surface area (Å²) < 4.78 is 0. The van der Waals surface area contributed by atoms with Crippen molar-refractivity contribution in [2.45, 2.75) is 13.3 Å². The van der Waals surface area contributed by atoms with E-state index in [1.165, 1.54) is 0 Å². The lowest BCUT2D eigenvalue weighted by Gasteiger charge is -1.86. The Morgan fingerprint density at radius 3 is 2.71 bits per heavy atom. The molecule has 2 heteroatoms. The molecule has 40 valence electrons. The fraction of sp³-hybridized carbons (Fsp3) is 0.400. The van der Waals surface area contributed by atoms with E-state index in [-0.39, 0.29) is 0 Å². The Labute approximate surface area is 43.7 Å². The van der Waals surface area contributed by atoms with E-state index in [2.05, 4.69) is 11.7 Å². The van der Waals surface area contributed by atoms with Crippen LogP contribution >= 0.6 is 0 Å². The highest BCUT2D eigenvalue weighted by molar-refractivity contribution is 5.26. The van der Waals surface area contributed by atoms with E-state index in [0.717, 1.165) is 12.1 Å². The van der Waals surface area contributed by atoms with Gasteiger partial charge in [-0.1, -0.05) is 6.92 Å². The van der Waals surface area contributed by atoms with Gasteiger partial charge in [0.1, 0.15) is 0 Å². The lowest BCUT2D eigenvalue weighted by atomic mass is 10.4. The van der Waals surface area contributed by atoms with E-state index >= 15 is 0 Å². The molecule has 0 spiro atoms. The Hall–Kier alpha value is -0.790. The Morgan fingerprint density at radius 1 is 2.00 bits per heavy atom. The second-order valence-electron chi connectivity index (χ2n) is 1.24.